The Labute approximate surface area is 165 Å². The van der Waals surface area contributed by atoms with Crippen LogP contribution in [-0.2, 0) is 11.3 Å². The van der Waals surface area contributed by atoms with Gasteiger partial charge in [-0.2, -0.15) is 0 Å². The first-order chi connectivity index (χ1) is 13.6. The number of furan rings is 1. The van der Waals surface area contributed by atoms with Crippen molar-refractivity contribution >= 4 is 17.7 Å². The number of hydrogen-bond donors (Lipinski definition) is 1. The first-order valence-corrected chi connectivity index (χ1v) is 9.19. The van der Waals surface area contributed by atoms with Gasteiger partial charge < -0.3 is 28.4 Å². The number of hydrogen-bond acceptors (Lipinski definition) is 9. The van der Waals surface area contributed by atoms with E-state index in [1.165, 1.54) is 21.3 Å². The fourth-order valence-corrected chi connectivity index (χ4v) is 2.96. The van der Waals surface area contributed by atoms with Crippen LogP contribution in [0.1, 0.15) is 5.76 Å². The monoisotopic (exact) mass is 405 g/mol. The Balaban J connectivity index is 1.64. The Morgan fingerprint density at radius 1 is 1.14 bits per heavy atom. The number of methoxy groups -OCH3 is 3. The van der Waals surface area contributed by atoms with Crippen molar-refractivity contribution in [2.75, 3.05) is 27.1 Å². The van der Waals surface area contributed by atoms with Crippen molar-refractivity contribution in [1.29, 1.82) is 0 Å². The van der Waals surface area contributed by atoms with E-state index in [2.05, 4.69) is 15.5 Å². The largest absolute Gasteiger partial charge is 0.493 e. The third-order valence-electron chi connectivity index (χ3n) is 3.68. The van der Waals surface area contributed by atoms with Gasteiger partial charge in [0.15, 0.2) is 11.5 Å². The fraction of sp³-hybridized carbons (Fsp3) is 0.278. The van der Waals surface area contributed by atoms with Crippen LogP contribution >= 0.6 is 11.8 Å². The topological polar surface area (TPSA) is 109 Å². The Bertz CT molecular complexity index is 900. The van der Waals surface area contributed by atoms with Crippen molar-refractivity contribution in [2.24, 2.45) is 0 Å². The first-order valence-electron chi connectivity index (χ1n) is 8.20. The molecule has 0 aliphatic rings. The minimum atomic E-state index is -0.172. The van der Waals surface area contributed by atoms with Crippen molar-refractivity contribution in [3.8, 4) is 28.7 Å². The number of carbonyl (C=O) groups excluding carboxylic acids is 1. The predicted molar refractivity (Wildman–Crippen MR) is 101 cm³/mol. The van der Waals surface area contributed by atoms with Crippen molar-refractivity contribution in [3.05, 3.63) is 36.3 Å². The summed E-state index contributed by atoms with van der Waals surface area (Å²) in [5.41, 5.74) is 0.608. The lowest BCUT2D eigenvalue weighted by Crippen LogP contribution is -2.24. The summed E-state index contributed by atoms with van der Waals surface area (Å²) in [6.45, 7) is 0.326. The van der Waals surface area contributed by atoms with Crippen molar-refractivity contribution < 1.29 is 27.8 Å². The predicted octanol–water partition coefficient (Wildman–Crippen LogP) is 2.76. The van der Waals surface area contributed by atoms with Gasteiger partial charge in [-0.05, 0) is 24.3 Å². The van der Waals surface area contributed by atoms with E-state index >= 15 is 0 Å². The van der Waals surface area contributed by atoms with Gasteiger partial charge in [-0.25, -0.2) is 0 Å². The smallest absolute Gasteiger partial charge is 0.277 e. The highest BCUT2D eigenvalue weighted by atomic mass is 32.2. The highest BCUT2D eigenvalue weighted by Gasteiger charge is 2.18. The summed E-state index contributed by atoms with van der Waals surface area (Å²) in [4.78, 5) is 11.9. The van der Waals surface area contributed by atoms with E-state index in [0.717, 1.165) is 11.8 Å². The number of benzene rings is 1. The molecule has 2 heterocycles. The zero-order valence-corrected chi connectivity index (χ0v) is 16.4. The van der Waals surface area contributed by atoms with E-state index in [0.29, 0.717) is 35.1 Å². The van der Waals surface area contributed by atoms with E-state index in [-0.39, 0.29) is 22.8 Å². The first kappa shape index (κ1) is 19.6. The molecular formula is C18H19N3O6S. The van der Waals surface area contributed by atoms with Gasteiger partial charge in [0, 0.05) is 5.56 Å². The highest BCUT2D eigenvalue weighted by molar-refractivity contribution is 7.99. The molecule has 0 aliphatic heterocycles. The fourth-order valence-electron chi connectivity index (χ4n) is 2.37. The van der Waals surface area contributed by atoms with Crippen LogP contribution in [0.2, 0.25) is 0 Å². The normalized spacial score (nSPS) is 10.5. The van der Waals surface area contributed by atoms with Gasteiger partial charge in [0.25, 0.3) is 5.22 Å². The van der Waals surface area contributed by atoms with Gasteiger partial charge in [0.05, 0.1) is 39.9 Å². The summed E-state index contributed by atoms with van der Waals surface area (Å²) >= 11 is 1.14. The highest BCUT2D eigenvalue weighted by Crippen LogP contribution is 2.41. The van der Waals surface area contributed by atoms with E-state index in [4.69, 9.17) is 23.0 Å². The van der Waals surface area contributed by atoms with Gasteiger partial charge in [0.2, 0.25) is 17.5 Å². The van der Waals surface area contributed by atoms with Gasteiger partial charge >= 0.3 is 0 Å². The lowest BCUT2D eigenvalue weighted by molar-refractivity contribution is -0.118. The van der Waals surface area contributed by atoms with E-state index in [1.807, 2.05) is 0 Å². The average Bonchev–Trinajstić information content (AvgIpc) is 3.41. The van der Waals surface area contributed by atoms with Crippen molar-refractivity contribution in [1.82, 2.24) is 15.5 Å². The molecule has 0 saturated heterocycles. The number of amides is 1. The lowest BCUT2D eigenvalue weighted by atomic mass is 10.2. The molecule has 0 saturated carbocycles. The molecule has 0 fully saturated rings. The van der Waals surface area contributed by atoms with Crippen LogP contribution in [0.15, 0.2) is 44.6 Å². The number of nitrogens with zero attached hydrogens (tertiary/aromatic N) is 2. The summed E-state index contributed by atoms with van der Waals surface area (Å²) in [6, 6.07) is 6.97. The minimum Gasteiger partial charge on any atom is -0.493 e. The maximum absolute atomic E-state index is 11.9. The molecule has 9 nitrogen and oxygen atoms in total. The summed E-state index contributed by atoms with van der Waals surface area (Å²) in [5, 5.41) is 11.0. The van der Waals surface area contributed by atoms with Crippen LogP contribution in [0.3, 0.4) is 0 Å². The van der Waals surface area contributed by atoms with Gasteiger partial charge in [-0.15, -0.1) is 10.2 Å². The Hall–Kier alpha value is -3.14. The second-order valence-electron chi connectivity index (χ2n) is 5.43. The summed E-state index contributed by atoms with van der Waals surface area (Å²) in [6.07, 6.45) is 1.55. The molecule has 0 aliphatic carbocycles. The molecule has 1 aromatic carbocycles. The molecule has 3 rings (SSSR count). The summed E-state index contributed by atoms with van der Waals surface area (Å²) < 4.78 is 26.7. The molecule has 3 aromatic rings. The molecule has 0 atom stereocenters. The van der Waals surface area contributed by atoms with Gasteiger partial charge in [0.1, 0.15) is 5.76 Å². The SMILES string of the molecule is COc1cc(-c2nnc(SCC(=O)NCc3ccco3)o2)cc(OC)c1OC. The standard InChI is InChI=1S/C18H19N3O6S/c1-23-13-7-11(8-14(24-2)16(13)25-3)17-20-21-18(27-17)28-10-15(22)19-9-12-5-4-6-26-12/h4-8H,9-10H2,1-3H3,(H,19,22). The molecule has 0 bridgehead atoms. The van der Waals surface area contributed by atoms with E-state index in [1.54, 1.807) is 30.5 Å². The van der Waals surface area contributed by atoms with Gasteiger partial charge in [-0.3, -0.25) is 4.79 Å². The molecular weight excluding hydrogens is 386 g/mol. The number of carbonyl (C=O) groups is 1. The van der Waals surface area contributed by atoms with Crippen LogP contribution < -0.4 is 19.5 Å². The molecule has 0 unspecified atom stereocenters. The maximum Gasteiger partial charge on any atom is 0.277 e. The van der Waals surface area contributed by atoms with Crippen LogP contribution in [0, 0.1) is 0 Å². The number of nitrogens with one attached hydrogen (secondary N) is 1. The summed E-state index contributed by atoms with van der Waals surface area (Å²) in [5.74, 6) is 2.34. The second kappa shape index (κ2) is 9.18. The van der Waals surface area contributed by atoms with Crippen LogP contribution in [0.25, 0.3) is 11.5 Å². The molecule has 10 heteroatoms. The number of aromatic nitrogens is 2. The minimum absolute atomic E-state index is 0.137. The lowest BCUT2D eigenvalue weighted by Gasteiger charge is -2.12. The zero-order chi connectivity index (χ0) is 19.9. The third-order valence-corrected chi connectivity index (χ3v) is 4.50. The van der Waals surface area contributed by atoms with Crippen LogP contribution in [-0.4, -0.2) is 43.2 Å². The van der Waals surface area contributed by atoms with Crippen molar-refractivity contribution in [2.45, 2.75) is 11.8 Å². The Morgan fingerprint density at radius 3 is 2.50 bits per heavy atom. The Kier molecular flexibility index (Phi) is 6.43. The summed E-state index contributed by atoms with van der Waals surface area (Å²) in [7, 11) is 4.58. The average molecular weight is 405 g/mol. The quantitative estimate of drug-likeness (QED) is 0.537. The molecule has 2 aromatic heterocycles. The van der Waals surface area contributed by atoms with E-state index < -0.39 is 0 Å². The number of ether oxygens (including phenoxy) is 3. The number of thioether (sulfide) groups is 1. The zero-order valence-electron chi connectivity index (χ0n) is 15.6. The molecule has 0 spiro atoms. The molecule has 28 heavy (non-hydrogen) atoms. The van der Waals surface area contributed by atoms with Crippen molar-refractivity contribution in [3.63, 3.8) is 0 Å². The maximum atomic E-state index is 11.9. The molecule has 1 N–H and O–H groups in total. The number of rotatable bonds is 9. The molecule has 1 amide bonds. The van der Waals surface area contributed by atoms with Gasteiger partial charge in [-0.1, -0.05) is 11.8 Å². The van der Waals surface area contributed by atoms with E-state index in [9.17, 15) is 4.79 Å². The van der Waals surface area contributed by atoms with Crippen LogP contribution in [0.5, 0.6) is 17.2 Å². The second-order valence-corrected chi connectivity index (χ2v) is 6.36. The molecule has 148 valence electrons. The van der Waals surface area contributed by atoms with Crippen LogP contribution in [0.4, 0.5) is 0 Å². The molecule has 0 radical (unpaired) electrons. The Morgan fingerprint density at radius 2 is 1.89 bits per heavy atom. The third kappa shape index (κ3) is 4.58.